The second-order valence-corrected chi connectivity index (χ2v) is 6.62. The average molecular weight is 282 g/mol. The van der Waals surface area contributed by atoms with Crippen LogP contribution in [0.3, 0.4) is 0 Å². The molecule has 4 nitrogen and oxygen atoms in total. The van der Waals surface area contributed by atoms with Gasteiger partial charge in [0.25, 0.3) is 0 Å². The summed E-state index contributed by atoms with van der Waals surface area (Å²) in [7, 11) is 2.02. The van der Waals surface area contributed by atoms with Crippen molar-refractivity contribution in [3.05, 3.63) is 0 Å². The first-order valence-corrected chi connectivity index (χ1v) is 8.24. The Bertz CT molecular complexity index is 303. The molecule has 0 spiro atoms. The van der Waals surface area contributed by atoms with Gasteiger partial charge in [-0.3, -0.25) is 9.69 Å². The molecule has 3 atom stereocenters. The molecule has 0 unspecified atom stereocenters. The molecular formula is C16H30N2O2. The van der Waals surface area contributed by atoms with Crippen LogP contribution in [0.15, 0.2) is 0 Å². The summed E-state index contributed by atoms with van der Waals surface area (Å²) in [6, 6.07) is 0.385. The minimum Gasteiger partial charge on any atom is -0.377 e. The highest BCUT2D eigenvalue weighted by molar-refractivity contribution is 5.78. The van der Waals surface area contributed by atoms with Gasteiger partial charge in [-0.2, -0.15) is 0 Å². The SMILES string of the molecule is C[C@@H]1CCCC[C@@H]1NC(=O)CN(C)C[C@@H]1CCCCO1. The maximum atomic E-state index is 12.1. The Morgan fingerprint density at radius 3 is 2.65 bits per heavy atom. The Balaban J connectivity index is 1.67. The lowest BCUT2D eigenvalue weighted by molar-refractivity contribution is -0.123. The molecule has 1 saturated heterocycles. The van der Waals surface area contributed by atoms with E-state index in [1.807, 2.05) is 7.05 Å². The van der Waals surface area contributed by atoms with Crippen LogP contribution in [0.2, 0.25) is 0 Å². The fourth-order valence-corrected chi connectivity index (χ4v) is 3.39. The normalized spacial score (nSPS) is 31.2. The molecule has 1 saturated carbocycles. The van der Waals surface area contributed by atoms with Gasteiger partial charge in [0.2, 0.25) is 5.91 Å². The quantitative estimate of drug-likeness (QED) is 0.840. The highest BCUT2D eigenvalue weighted by atomic mass is 16.5. The Hall–Kier alpha value is -0.610. The molecule has 2 aliphatic rings. The fraction of sp³-hybridized carbons (Fsp3) is 0.938. The number of likely N-dealkylation sites (N-methyl/N-ethyl adjacent to an activating group) is 1. The van der Waals surface area contributed by atoms with Gasteiger partial charge in [-0.1, -0.05) is 19.8 Å². The minimum atomic E-state index is 0.169. The van der Waals surface area contributed by atoms with Gasteiger partial charge in [0, 0.05) is 19.2 Å². The third-order valence-corrected chi connectivity index (χ3v) is 4.66. The van der Waals surface area contributed by atoms with Gasteiger partial charge in [0.1, 0.15) is 0 Å². The minimum absolute atomic E-state index is 0.169. The molecule has 1 aliphatic heterocycles. The molecule has 116 valence electrons. The highest BCUT2D eigenvalue weighted by Crippen LogP contribution is 2.23. The van der Waals surface area contributed by atoms with Gasteiger partial charge in [-0.05, 0) is 45.1 Å². The van der Waals surface area contributed by atoms with E-state index < -0.39 is 0 Å². The number of carbonyl (C=O) groups excluding carboxylic acids is 1. The number of carbonyl (C=O) groups is 1. The van der Waals surface area contributed by atoms with E-state index in [1.54, 1.807) is 0 Å². The molecule has 20 heavy (non-hydrogen) atoms. The van der Waals surface area contributed by atoms with E-state index >= 15 is 0 Å². The van der Waals surface area contributed by atoms with Crippen LogP contribution in [0.4, 0.5) is 0 Å². The van der Waals surface area contributed by atoms with Crippen molar-refractivity contribution in [2.45, 2.75) is 64.0 Å². The van der Waals surface area contributed by atoms with Gasteiger partial charge < -0.3 is 10.1 Å². The van der Waals surface area contributed by atoms with Crippen molar-refractivity contribution in [2.24, 2.45) is 5.92 Å². The Labute approximate surface area is 123 Å². The van der Waals surface area contributed by atoms with Gasteiger partial charge >= 0.3 is 0 Å². The van der Waals surface area contributed by atoms with Crippen LogP contribution in [-0.4, -0.2) is 49.7 Å². The third-order valence-electron chi connectivity index (χ3n) is 4.66. The molecule has 2 fully saturated rings. The monoisotopic (exact) mass is 282 g/mol. The van der Waals surface area contributed by atoms with E-state index in [-0.39, 0.29) is 5.91 Å². The first-order valence-electron chi connectivity index (χ1n) is 8.24. The van der Waals surface area contributed by atoms with Crippen molar-refractivity contribution in [3.8, 4) is 0 Å². The number of nitrogens with zero attached hydrogens (tertiary/aromatic N) is 1. The second-order valence-electron chi connectivity index (χ2n) is 6.62. The summed E-state index contributed by atoms with van der Waals surface area (Å²) in [5.41, 5.74) is 0. The van der Waals surface area contributed by atoms with Crippen LogP contribution >= 0.6 is 0 Å². The summed E-state index contributed by atoms with van der Waals surface area (Å²) < 4.78 is 5.72. The maximum Gasteiger partial charge on any atom is 0.234 e. The van der Waals surface area contributed by atoms with Crippen LogP contribution in [0, 0.1) is 5.92 Å². The number of rotatable bonds is 5. The zero-order valence-electron chi connectivity index (χ0n) is 13.1. The molecule has 0 aromatic heterocycles. The van der Waals surface area contributed by atoms with Crippen molar-refractivity contribution in [1.82, 2.24) is 10.2 Å². The number of hydrogen-bond donors (Lipinski definition) is 1. The van der Waals surface area contributed by atoms with Crippen molar-refractivity contribution >= 4 is 5.91 Å². The van der Waals surface area contributed by atoms with Gasteiger partial charge in [-0.25, -0.2) is 0 Å². The zero-order valence-corrected chi connectivity index (χ0v) is 13.1. The van der Waals surface area contributed by atoms with Crippen molar-refractivity contribution in [3.63, 3.8) is 0 Å². The van der Waals surface area contributed by atoms with Crippen LogP contribution in [-0.2, 0) is 9.53 Å². The summed E-state index contributed by atoms with van der Waals surface area (Å²) in [5.74, 6) is 0.793. The first-order chi connectivity index (χ1) is 9.65. The molecule has 4 heteroatoms. The smallest absolute Gasteiger partial charge is 0.234 e. The molecule has 0 radical (unpaired) electrons. The summed E-state index contributed by atoms with van der Waals surface area (Å²) in [5, 5.41) is 3.22. The first kappa shape index (κ1) is 15.8. The van der Waals surface area contributed by atoms with Crippen LogP contribution < -0.4 is 5.32 Å². The summed E-state index contributed by atoms with van der Waals surface area (Å²) >= 11 is 0. The van der Waals surface area contributed by atoms with E-state index in [0.29, 0.717) is 24.6 Å². The fourth-order valence-electron chi connectivity index (χ4n) is 3.39. The van der Waals surface area contributed by atoms with Gasteiger partial charge in [0.15, 0.2) is 0 Å². The lowest BCUT2D eigenvalue weighted by atomic mass is 9.86. The lowest BCUT2D eigenvalue weighted by Crippen LogP contribution is -2.46. The van der Waals surface area contributed by atoms with Crippen molar-refractivity contribution < 1.29 is 9.53 Å². The molecule has 1 aliphatic carbocycles. The van der Waals surface area contributed by atoms with Gasteiger partial charge in [0.05, 0.1) is 12.6 Å². The Kier molecular flexibility index (Phi) is 6.30. The molecular weight excluding hydrogens is 252 g/mol. The molecule has 1 N–H and O–H groups in total. The van der Waals surface area contributed by atoms with Crippen LogP contribution in [0.25, 0.3) is 0 Å². The van der Waals surface area contributed by atoms with E-state index in [1.165, 1.54) is 32.1 Å². The third kappa shape index (κ3) is 5.06. The predicted octanol–water partition coefficient (Wildman–Crippen LogP) is 2.18. The molecule has 1 amide bonds. The lowest BCUT2D eigenvalue weighted by Gasteiger charge is -2.31. The van der Waals surface area contributed by atoms with Crippen LogP contribution in [0.5, 0.6) is 0 Å². The number of nitrogens with one attached hydrogen (secondary N) is 1. The van der Waals surface area contributed by atoms with Crippen LogP contribution in [0.1, 0.15) is 51.9 Å². The Morgan fingerprint density at radius 2 is 1.95 bits per heavy atom. The largest absolute Gasteiger partial charge is 0.377 e. The van der Waals surface area contributed by atoms with E-state index in [0.717, 1.165) is 26.0 Å². The summed E-state index contributed by atoms with van der Waals surface area (Å²) in [6.45, 7) is 4.49. The molecule has 2 rings (SSSR count). The summed E-state index contributed by atoms with van der Waals surface area (Å²) in [4.78, 5) is 14.2. The predicted molar refractivity (Wildman–Crippen MR) is 80.7 cm³/mol. The Morgan fingerprint density at radius 1 is 1.20 bits per heavy atom. The number of hydrogen-bond acceptors (Lipinski definition) is 3. The highest BCUT2D eigenvalue weighted by Gasteiger charge is 2.23. The molecule has 1 heterocycles. The van der Waals surface area contributed by atoms with Gasteiger partial charge in [-0.15, -0.1) is 0 Å². The van der Waals surface area contributed by atoms with E-state index in [9.17, 15) is 4.79 Å². The second kappa shape index (κ2) is 7.99. The average Bonchev–Trinajstić information content (AvgIpc) is 2.42. The van der Waals surface area contributed by atoms with E-state index in [4.69, 9.17) is 4.74 Å². The van der Waals surface area contributed by atoms with E-state index in [2.05, 4.69) is 17.1 Å². The maximum absolute atomic E-state index is 12.1. The molecule has 0 bridgehead atoms. The van der Waals surface area contributed by atoms with Crippen molar-refractivity contribution in [2.75, 3.05) is 26.7 Å². The summed E-state index contributed by atoms with van der Waals surface area (Å²) in [6.07, 6.45) is 8.83. The molecule has 0 aromatic carbocycles. The molecule has 0 aromatic rings. The zero-order chi connectivity index (χ0) is 14.4. The number of ether oxygens (including phenoxy) is 1. The number of amides is 1. The standard InChI is InChI=1S/C16H30N2O2/c1-13-7-3-4-9-15(13)17-16(19)12-18(2)11-14-8-5-6-10-20-14/h13-15H,3-12H2,1-2H3,(H,17,19)/t13-,14+,15+/m1/s1. The topological polar surface area (TPSA) is 41.6 Å². The van der Waals surface area contributed by atoms with Crippen molar-refractivity contribution in [1.29, 1.82) is 0 Å².